The Kier molecular flexibility index (Phi) is 7.21. The minimum atomic E-state index is -0.867. The van der Waals surface area contributed by atoms with Crippen molar-refractivity contribution in [1.29, 1.82) is 0 Å². The summed E-state index contributed by atoms with van der Waals surface area (Å²) < 4.78 is 0. The van der Waals surface area contributed by atoms with Crippen molar-refractivity contribution in [3.63, 3.8) is 0 Å². The monoisotopic (exact) mass is 672 g/mol. The molecule has 252 valence electrons. The second kappa shape index (κ2) is 12.1. The number of nitrogens with one attached hydrogen (secondary N) is 1. The lowest BCUT2D eigenvalue weighted by molar-refractivity contribution is 0.605. The first-order chi connectivity index (χ1) is 25.5. The molecule has 4 aromatic carbocycles. The summed E-state index contributed by atoms with van der Waals surface area (Å²) in [5.41, 5.74) is 8.80. The van der Waals surface area contributed by atoms with E-state index in [1.807, 2.05) is 0 Å². The minimum absolute atomic E-state index is 0.157. The van der Waals surface area contributed by atoms with Crippen LogP contribution in [0.3, 0.4) is 0 Å². The third kappa shape index (κ3) is 5.08. The van der Waals surface area contributed by atoms with Gasteiger partial charge in [-0.3, -0.25) is 4.99 Å². The number of benzene rings is 4. The maximum atomic E-state index is 5.61. The van der Waals surface area contributed by atoms with E-state index >= 15 is 0 Å². The number of hydrogen-bond acceptors (Lipinski definition) is 4. The van der Waals surface area contributed by atoms with Crippen LogP contribution < -0.4 is 15.9 Å². The Morgan fingerprint density at radius 3 is 1.96 bits per heavy atom. The molecule has 2 aliphatic heterocycles. The first-order valence-electron chi connectivity index (χ1n) is 18.6. The zero-order chi connectivity index (χ0) is 34.8. The van der Waals surface area contributed by atoms with E-state index in [0.717, 1.165) is 33.7 Å². The second-order valence-corrected chi connectivity index (χ2v) is 14.9. The summed E-state index contributed by atoms with van der Waals surface area (Å²) >= 11 is 0. The number of allylic oxidation sites excluding steroid dienone is 10. The maximum absolute atomic E-state index is 5.61. The summed E-state index contributed by atoms with van der Waals surface area (Å²) in [5, 5.41) is 6.05. The molecule has 4 nitrogen and oxygen atoms in total. The van der Waals surface area contributed by atoms with Gasteiger partial charge < -0.3 is 5.32 Å². The van der Waals surface area contributed by atoms with Crippen LogP contribution >= 0.6 is 0 Å². The van der Waals surface area contributed by atoms with Crippen molar-refractivity contribution in [2.75, 3.05) is 0 Å². The van der Waals surface area contributed by atoms with E-state index in [1.165, 1.54) is 33.0 Å². The molecule has 0 fully saturated rings. The largest absolute Gasteiger partial charge is 0.324 e. The molecule has 10 rings (SSSR count). The Balaban J connectivity index is 1.11. The Morgan fingerprint density at radius 2 is 1.19 bits per heavy atom. The van der Waals surface area contributed by atoms with Gasteiger partial charge in [-0.15, -0.1) is 0 Å². The van der Waals surface area contributed by atoms with Crippen LogP contribution in [-0.4, -0.2) is 23.4 Å². The van der Waals surface area contributed by atoms with Gasteiger partial charge in [0.1, 0.15) is 11.7 Å². The van der Waals surface area contributed by atoms with E-state index in [1.54, 1.807) is 0 Å². The molecule has 2 heterocycles. The minimum Gasteiger partial charge on any atom is -0.324 e. The first-order valence-corrected chi connectivity index (χ1v) is 18.6. The van der Waals surface area contributed by atoms with E-state index in [2.05, 4.69) is 183 Å². The molecule has 0 amide bonds. The van der Waals surface area contributed by atoms with Crippen molar-refractivity contribution in [3.8, 4) is 0 Å². The zero-order valence-electron chi connectivity index (χ0n) is 29.4. The van der Waals surface area contributed by atoms with Gasteiger partial charge in [0.25, 0.3) is 0 Å². The molecule has 7 atom stereocenters. The van der Waals surface area contributed by atoms with Crippen molar-refractivity contribution in [3.05, 3.63) is 202 Å². The smallest absolute Gasteiger partial charge is 0.177 e. The van der Waals surface area contributed by atoms with Gasteiger partial charge in [0, 0.05) is 46.3 Å². The van der Waals surface area contributed by atoms with Crippen molar-refractivity contribution >= 4 is 28.9 Å². The second-order valence-electron chi connectivity index (χ2n) is 14.9. The topological polar surface area (TPSA) is 49.1 Å². The van der Waals surface area contributed by atoms with E-state index in [-0.39, 0.29) is 23.8 Å². The summed E-state index contributed by atoms with van der Waals surface area (Å²) in [6.07, 6.45) is 25.2. The highest BCUT2D eigenvalue weighted by atomic mass is 15.2. The lowest BCUT2D eigenvalue weighted by Crippen LogP contribution is -2.43. The molecule has 1 N–H and O–H groups in total. The molecule has 0 saturated carbocycles. The molecule has 0 bridgehead atoms. The first kappa shape index (κ1) is 30.9. The van der Waals surface area contributed by atoms with Crippen LogP contribution in [0.15, 0.2) is 173 Å². The van der Waals surface area contributed by atoms with Crippen LogP contribution in [0.25, 0.3) is 17.2 Å². The van der Waals surface area contributed by atoms with Crippen LogP contribution in [0.5, 0.6) is 0 Å². The Morgan fingerprint density at radius 1 is 0.577 bits per heavy atom. The van der Waals surface area contributed by atoms with Crippen molar-refractivity contribution in [2.24, 2.45) is 26.8 Å². The van der Waals surface area contributed by atoms with Crippen molar-refractivity contribution in [1.82, 2.24) is 5.32 Å². The number of hydrogen-bond donors (Lipinski definition) is 1. The number of aliphatic imine (C=N–C) groups is 2. The predicted octanol–water partition coefficient (Wildman–Crippen LogP) is 8.58. The normalized spacial score (nSPS) is 28.9. The number of nitrogens with zero attached hydrogens (tertiary/aromatic N) is 3. The fraction of sp³-hybridized carbons (Fsp3) is 0.188. The summed E-state index contributed by atoms with van der Waals surface area (Å²) in [6.45, 7) is 4.40. The van der Waals surface area contributed by atoms with Gasteiger partial charge in [0.15, 0.2) is 5.66 Å². The Hall–Kier alpha value is -5.87. The molecule has 7 unspecified atom stereocenters. The molecule has 0 radical (unpaired) electrons. The fourth-order valence-electron chi connectivity index (χ4n) is 9.07. The highest BCUT2D eigenvalue weighted by Gasteiger charge is 2.41. The summed E-state index contributed by atoms with van der Waals surface area (Å²) in [7, 11) is 0. The van der Waals surface area contributed by atoms with Crippen LogP contribution in [0, 0.1) is 11.8 Å². The molecule has 0 saturated heterocycles. The highest BCUT2D eigenvalue weighted by molar-refractivity contribution is 6.30. The highest BCUT2D eigenvalue weighted by Crippen LogP contribution is 2.48. The molecule has 0 aromatic heterocycles. The molecule has 0 spiro atoms. The van der Waals surface area contributed by atoms with Crippen LogP contribution in [-0.2, 0) is 0 Å². The van der Waals surface area contributed by atoms with E-state index in [0.29, 0.717) is 11.8 Å². The average Bonchev–Trinajstić information content (AvgIpc) is 3.20. The van der Waals surface area contributed by atoms with E-state index in [9.17, 15) is 0 Å². The zero-order valence-corrected chi connectivity index (χ0v) is 29.4. The summed E-state index contributed by atoms with van der Waals surface area (Å²) in [5.74, 6) is 3.02. The Bertz CT molecular complexity index is 2500. The molecule has 52 heavy (non-hydrogen) atoms. The average molecular weight is 673 g/mol. The van der Waals surface area contributed by atoms with Crippen molar-refractivity contribution in [2.45, 2.75) is 43.3 Å². The summed E-state index contributed by atoms with van der Waals surface area (Å²) in [4.78, 5) is 16.2. The van der Waals surface area contributed by atoms with Gasteiger partial charge in [-0.05, 0) is 52.9 Å². The van der Waals surface area contributed by atoms with Gasteiger partial charge in [0.05, 0.1) is 11.4 Å². The van der Waals surface area contributed by atoms with Gasteiger partial charge in [0.2, 0.25) is 0 Å². The molecule has 4 heteroatoms. The molecular weight excluding hydrogens is 633 g/mol. The maximum Gasteiger partial charge on any atom is 0.177 e. The van der Waals surface area contributed by atoms with Gasteiger partial charge in [-0.1, -0.05) is 158 Å². The van der Waals surface area contributed by atoms with E-state index < -0.39 is 5.66 Å². The van der Waals surface area contributed by atoms with Gasteiger partial charge in [-0.2, -0.15) is 0 Å². The number of para-hydroxylation sites is 1. The number of amidine groups is 2. The predicted molar refractivity (Wildman–Crippen MR) is 214 cm³/mol. The molecular formula is C48H40N4. The Labute approximate surface area is 305 Å². The number of rotatable bonds is 4. The molecule has 4 aromatic rings. The van der Waals surface area contributed by atoms with Crippen LogP contribution in [0.2, 0.25) is 0 Å². The van der Waals surface area contributed by atoms with Gasteiger partial charge in [-0.25, -0.2) is 9.98 Å². The lowest BCUT2D eigenvalue weighted by Gasteiger charge is -2.39. The lowest BCUT2D eigenvalue weighted by atomic mass is 9.72. The van der Waals surface area contributed by atoms with Gasteiger partial charge >= 0.3 is 0 Å². The molecule has 4 aliphatic carbocycles. The third-order valence-corrected chi connectivity index (χ3v) is 11.7. The van der Waals surface area contributed by atoms with Crippen molar-refractivity contribution < 1.29 is 0 Å². The SMILES string of the molecule is CC1N=c2ccccc2=CC1c1ccc(C2=NC(C)(C3=CC4C=CC=CC4c4ccccc43)N=C(C3=CC4C=CC=CC4c4ccccc43)N2)cc1. The van der Waals surface area contributed by atoms with E-state index in [4.69, 9.17) is 15.0 Å². The fourth-order valence-corrected chi connectivity index (χ4v) is 9.07. The summed E-state index contributed by atoms with van der Waals surface area (Å²) in [6, 6.07) is 35.2. The van der Waals surface area contributed by atoms with Crippen LogP contribution in [0.4, 0.5) is 0 Å². The third-order valence-electron chi connectivity index (χ3n) is 11.7. The molecule has 6 aliphatic rings. The number of fused-ring (bicyclic) bond motifs is 7. The quantitative estimate of drug-likeness (QED) is 0.232. The van der Waals surface area contributed by atoms with Crippen LogP contribution in [0.1, 0.15) is 65.0 Å². The standard InChI is InChI=1S/C48H40N4/c1-30-42(28-35-15-5-12-22-45(35)49-30)31-23-25-32(26-24-31)46-50-47(43-27-33-13-3-6-16-36(33)38-18-8-9-20-40(38)43)52-48(2,51-46)44-29-34-14-4-7-17-37(34)39-19-10-11-21-41(39)44/h3-30,33-34,36-37,42H,1-2H3,(H,50,51,52).